The number of rotatable bonds is 6. The maximum atomic E-state index is 11.7. The van der Waals surface area contributed by atoms with Crippen LogP contribution in [0.2, 0.25) is 0 Å². The number of hydrogen-bond donors (Lipinski definition) is 3. The van der Waals surface area contributed by atoms with Gasteiger partial charge in [-0.05, 0) is 25.5 Å². The van der Waals surface area contributed by atoms with E-state index in [9.17, 15) is 14.4 Å². The second-order valence-corrected chi connectivity index (χ2v) is 4.49. The number of carboxylic acid groups (broad SMARTS) is 1. The van der Waals surface area contributed by atoms with E-state index in [4.69, 9.17) is 5.11 Å². The Morgan fingerprint density at radius 1 is 1.15 bits per heavy atom. The highest BCUT2D eigenvalue weighted by molar-refractivity contribution is 5.94. The number of carbonyl (C=O) groups excluding carboxylic acids is 2. The van der Waals surface area contributed by atoms with Crippen LogP contribution in [-0.4, -0.2) is 28.9 Å². The topological polar surface area (TPSA) is 95.5 Å². The van der Waals surface area contributed by atoms with Crippen molar-refractivity contribution in [1.29, 1.82) is 0 Å². The highest BCUT2D eigenvalue weighted by Gasteiger charge is 2.14. The molecular weight excluding hydrogens is 260 g/mol. The van der Waals surface area contributed by atoms with Gasteiger partial charge in [0, 0.05) is 18.5 Å². The minimum Gasteiger partial charge on any atom is -0.480 e. The quantitative estimate of drug-likeness (QED) is 0.731. The summed E-state index contributed by atoms with van der Waals surface area (Å²) in [4.78, 5) is 33.7. The summed E-state index contributed by atoms with van der Waals surface area (Å²) in [6, 6.07) is 6.37. The van der Waals surface area contributed by atoms with Gasteiger partial charge in [0.2, 0.25) is 11.8 Å². The molecule has 6 heteroatoms. The predicted octanol–water partition coefficient (Wildman–Crippen LogP) is 1.30. The fourth-order valence-electron chi connectivity index (χ4n) is 1.53. The Morgan fingerprint density at radius 2 is 1.75 bits per heavy atom. The SMILES string of the molecule is Cc1ccccc1NC(=O)CCC(=O)NC(C)C(=O)O. The van der Waals surface area contributed by atoms with Crippen LogP contribution in [0.3, 0.4) is 0 Å². The van der Waals surface area contributed by atoms with Gasteiger partial charge in [0.05, 0.1) is 0 Å². The first-order chi connectivity index (χ1) is 9.40. The number of carboxylic acids is 1. The summed E-state index contributed by atoms with van der Waals surface area (Å²) in [7, 11) is 0. The van der Waals surface area contributed by atoms with Gasteiger partial charge >= 0.3 is 5.97 Å². The van der Waals surface area contributed by atoms with Gasteiger partial charge in [0.15, 0.2) is 0 Å². The highest BCUT2D eigenvalue weighted by atomic mass is 16.4. The smallest absolute Gasteiger partial charge is 0.325 e. The Bertz CT molecular complexity index is 514. The average Bonchev–Trinajstić information content (AvgIpc) is 2.39. The molecule has 0 fully saturated rings. The van der Waals surface area contributed by atoms with E-state index in [1.165, 1.54) is 6.92 Å². The van der Waals surface area contributed by atoms with Gasteiger partial charge in [0.1, 0.15) is 6.04 Å². The van der Waals surface area contributed by atoms with Gasteiger partial charge in [-0.3, -0.25) is 14.4 Å². The van der Waals surface area contributed by atoms with Crippen molar-refractivity contribution in [2.24, 2.45) is 0 Å². The number of nitrogens with one attached hydrogen (secondary N) is 2. The molecule has 0 aliphatic heterocycles. The minimum absolute atomic E-state index is 0.00646. The van der Waals surface area contributed by atoms with Crippen LogP contribution in [0, 0.1) is 6.92 Å². The number of aryl methyl sites for hydroxylation is 1. The third kappa shape index (κ3) is 5.09. The first-order valence-electron chi connectivity index (χ1n) is 6.28. The monoisotopic (exact) mass is 278 g/mol. The van der Waals surface area contributed by atoms with E-state index in [1.54, 1.807) is 6.07 Å². The molecule has 0 saturated heterocycles. The molecule has 0 aliphatic rings. The molecule has 0 heterocycles. The van der Waals surface area contributed by atoms with E-state index >= 15 is 0 Å². The van der Waals surface area contributed by atoms with Gasteiger partial charge in [-0.15, -0.1) is 0 Å². The van der Waals surface area contributed by atoms with Crippen LogP contribution >= 0.6 is 0 Å². The van der Waals surface area contributed by atoms with Gasteiger partial charge < -0.3 is 15.7 Å². The largest absolute Gasteiger partial charge is 0.480 e. The fraction of sp³-hybridized carbons (Fsp3) is 0.357. The van der Waals surface area contributed by atoms with Gasteiger partial charge in [0.25, 0.3) is 0 Å². The van der Waals surface area contributed by atoms with Crippen molar-refractivity contribution in [1.82, 2.24) is 5.32 Å². The van der Waals surface area contributed by atoms with E-state index in [-0.39, 0.29) is 18.7 Å². The molecule has 1 unspecified atom stereocenters. The van der Waals surface area contributed by atoms with Crippen LogP contribution in [0.15, 0.2) is 24.3 Å². The number of benzene rings is 1. The molecule has 1 rings (SSSR count). The zero-order chi connectivity index (χ0) is 15.1. The van der Waals surface area contributed by atoms with Crippen molar-refractivity contribution < 1.29 is 19.5 Å². The molecular formula is C14H18N2O4. The number of anilines is 1. The summed E-state index contributed by atoms with van der Waals surface area (Å²) in [6.07, 6.45) is -0.0398. The Balaban J connectivity index is 2.39. The summed E-state index contributed by atoms with van der Waals surface area (Å²) >= 11 is 0. The lowest BCUT2D eigenvalue weighted by Gasteiger charge is -2.10. The van der Waals surface area contributed by atoms with Crippen molar-refractivity contribution >= 4 is 23.5 Å². The first-order valence-corrected chi connectivity index (χ1v) is 6.28. The molecule has 2 amide bonds. The Labute approximate surface area is 117 Å². The second kappa shape index (κ2) is 7.28. The third-order valence-corrected chi connectivity index (χ3v) is 2.75. The molecule has 20 heavy (non-hydrogen) atoms. The summed E-state index contributed by atoms with van der Waals surface area (Å²) in [5.74, 6) is -1.85. The van der Waals surface area contributed by atoms with Crippen molar-refractivity contribution in [3.8, 4) is 0 Å². The number of hydrogen-bond acceptors (Lipinski definition) is 3. The van der Waals surface area contributed by atoms with E-state index in [0.717, 1.165) is 5.56 Å². The van der Waals surface area contributed by atoms with Gasteiger partial charge in [-0.25, -0.2) is 0 Å². The maximum Gasteiger partial charge on any atom is 0.325 e. The Kier molecular flexibility index (Phi) is 5.71. The van der Waals surface area contributed by atoms with Gasteiger partial charge in [-0.1, -0.05) is 18.2 Å². The number of amides is 2. The molecule has 0 bridgehead atoms. The van der Waals surface area contributed by atoms with Crippen molar-refractivity contribution in [2.75, 3.05) is 5.32 Å². The van der Waals surface area contributed by atoms with E-state index in [0.29, 0.717) is 5.69 Å². The molecule has 0 radical (unpaired) electrons. The summed E-state index contributed by atoms with van der Waals surface area (Å²) in [5.41, 5.74) is 1.64. The highest BCUT2D eigenvalue weighted by Crippen LogP contribution is 2.13. The normalized spacial score (nSPS) is 11.5. The minimum atomic E-state index is -1.11. The molecule has 1 aromatic rings. The van der Waals surface area contributed by atoms with Crippen molar-refractivity contribution in [3.63, 3.8) is 0 Å². The maximum absolute atomic E-state index is 11.7. The van der Waals surface area contributed by atoms with E-state index < -0.39 is 17.9 Å². The molecule has 0 aromatic heterocycles. The molecule has 0 aliphatic carbocycles. The lowest BCUT2D eigenvalue weighted by molar-refractivity contribution is -0.141. The number of para-hydroxylation sites is 1. The fourth-order valence-corrected chi connectivity index (χ4v) is 1.53. The zero-order valence-corrected chi connectivity index (χ0v) is 11.5. The van der Waals surface area contributed by atoms with Gasteiger partial charge in [-0.2, -0.15) is 0 Å². The summed E-state index contributed by atoms with van der Waals surface area (Å²) in [6.45, 7) is 3.24. The van der Waals surface area contributed by atoms with Crippen LogP contribution in [0.25, 0.3) is 0 Å². The van der Waals surface area contributed by atoms with Crippen molar-refractivity contribution in [2.45, 2.75) is 32.7 Å². The van der Waals surface area contributed by atoms with Crippen LogP contribution < -0.4 is 10.6 Å². The lowest BCUT2D eigenvalue weighted by Crippen LogP contribution is -2.38. The molecule has 6 nitrogen and oxygen atoms in total. The second-order valence-electron chi connectivity index (χ2n) is 4.49. The third-order valence-electron chi connectivity index (χ3n) is 2.75. The van der Waals surface area contributed by atoms with Crippen LogP contribution in [0.4, 0.5) is 5.69 Å². The van der Waals surface area contributed by atoms with Crippen molar-refractivity contribution in [3.05, 3.63) is 29.8 Å². The molecule has 0 saturated carbocycles. The predicted molar refractivity (Wildman–Crippen MR) is 74.3 cm³/mol. The zero-order valence-electron chi connectivity index (χ0n) is 11.5. The first kappa shape index (κ1) is 15.7. The Morgan fingerprint density at radius 3 is 2.35 bits per heavy atom. The average molecular weight is 278 g/mol. The molecule has 108 valence electrons. The lowest BCUT2D eigenvalue weighted by atomic mass is 10.2. The standard InChI is InChI=1S/C14H18N2O4/c1-9-5-3-4-6-11(9)16-13(18)8-7-12(17)15-10(2)14(19)20/h3-6,10H,7-8H2,1-2H3,(H,15,17)(H,16,18)(H,19,20). The summed E-state index contributed by atoms with van der Waals surface area (Å²) in [5, 5.41) is 13.6. The van der Waals surface area contributed by atoms with Crippen LogP contribution in [-0.2, 0) is 14.4 Å². The molecule has 1 aromatic carbocycles. The van der Waals surface area contributed by atoms with Crippen LogP contribution in [0.5, 0.6) is 0 Å². The molecule has 1 atom stereocenters. The number of carbonyl (C=O) groups is 3. The van der Waals surface area contributed by atoms with E-state index in [2.05, 4.69) is 10.6 Å². The van der Waals surface area contributed by atoms with E-state index in [1.807, 2.05) is 25.1 Å². The number of aliphatic carboxylic acids is 1. The Hall–Kier alpha value is -2.37. The molecule has 3 N–H and O–H groups in total. The van der Waals surface area contributed by atoms with Crippen LogP contribution in [0.1, 0.15) is 25.3 Å². The molecule has 0 spiro atoms. The summed E-state index contributed by atoms with van der Waals surface area (Å²) < 4.78 is 0.